The van der Waals surface area contributed by atoms with Crippen LogP contribution in [0.1, 0.15) is 132 Å². The van der Waals surface area contributed by atoms with Gasteiger partial charge in [-0.2, -0.15) is 0 Å². The normalized spacial score (nSPS) is 13.5. The fourth-order valence-electron chi connectivity index (χ4n) is 12.3. The zero-order valence-electron chi connectivity index (χ0n) is 50.4. The maximum absolute atomic E-state index is 2.67. The minimum atomic E-state index is -0.192. The molecule has 9 aromatic carbocycles. The fourth-order valence-corrected chi connectivity index (χ4v) is 13.6. The molecule has 0 saturated heterocycles. The molecule has 2 aliphatic heterocycles. The van der Waals surface area contributed by atoms with E-state index >= 15 is 0 Å². The molecule has 3 heterocycles. The third kappa shape index (κ3) is 9.69. The van der Waals surface area contributed by atoms with Gasteiger partial charge in [0.05, 0.1) is 17.1 Å². The van der Waals surface area contributed by atoms with Crippen molar-refractivity contribution >= 4 is 95.0 Å². The Morgan fingerprint density at radius 1 is 0.370 bits per heavy atom. The molecule has 0 N–H and O–H groups in total. The van der Waals surface area contributed by atoms with E-state index in [2.05, 4.69) is 319 Å². The Morgan fingerprint density at radius 3 is 1.46 bits per heavy atom. The number of benzene rings is 9. The topological polar surface area (TPSA) is 9.72 Å². The quantitative estimate of drug-likeness (QED) is 0.147. The highest BCUT2D eigenvalue weighted by molar-refractivity contribution is 7.33. The molecule has 1 aromatic heterocycles. The summed E-state index contributed by atoms with van der Waals surface area (Å²) in [5, 5.41) is 1.31. The third-order valence-corrected chi connectivity index (χ3v) is 18.3. The molecular formula is C76H78BN3S. The second kappa shape index (κ2) is 19.6. The minimum absolute atomic E-state index is 0.00000671. The predicted octanol–water partition coefficient (Wildman–Crippen LogP) is 20.3. The van der Waals surface area contributed by atoms with Gasteiger partial charge in [0.1, 0.15) is 0 Å². The first kappa shape index (κ1) is 54.0. The van der Waals surface area contributed by atoms with Crippen LogP contribution in [0.5, 0.6) is 0 Å². The number of fused-ring (bicyclic) bond motifs is 6. The number of nitrogens with zero attached hydrogens (tertiary/aromatic N) is 3. The maximum atomic E-state index is 2.67. The van der Waals surface area contributed by atoms with Crippen LogP contribution in [0.25, 0.3) is 32.3 Å². The van der Waals surface area contributed by atoms with Crippen LogP contribution in [0.15, 0.2) is 200 Å². The summed E-state index contributed by atoms with van der Waals surface area (Å²) in [6.07, 6.45) is 0. The van der Waals surface area contributed by atoms with Crippen LogP contribution in [-0.2, 0) is 27.1 Å². The molecule has 10 aromatic rings. The van der Waals surface area contributed by atoms with E-state index in [9.17, 15) is 0 Å². The van der Waals surface area contributed by atoms with E-state index in [-0.39, 0.29) is 33.8 Å². The summed E-state index contributed by atoms with van der Waals surface area (Å²) in [7, 11) is 0. The number of hydrogen-bond acceptors (Lipinski definition) is 4. The average Bonchev–Trinajstić information content (AvgIpc) is 2.18. The second-order valence-electron chi connectivity index (χ2n) is 28.0. The minimum Gasteiger partial charge on any atom is -0.311 e. The molecule has 0 unspecified atom stereocenters. The van der Waals surface area contributed by atoms with E-state index < -0.39 is 0 Å². The smallest absolute Gasteiger partial charge is 0.264 e. The highest BCUT2D eigenvalue weighted by atomic mass is 32.1. The second-order valence-corrected chi connectivity index (χ2v) is 29.0. The predicted molar refractivity (Wildman–Crippen MR) is 355 cm³/mol. The van der Waals surface area contributed by atoms with Crippen molar-refractivity contribution in [1.29, 1.82) is 0 Å². The Kier molecular flexibility index (Phi) is 13.0. The van der Waals surface area contributed by atoms with Gasteiger partial charge in [-0.1, -0.05) is 225 Å². The van der Waals surface area contributed by atoms with Crippen LogP contribution in [0, 0.1) is 0 Å². The largest absolute Gasteiger partial charge is 0.311 e. The first-order chi connectivity index (χ1) is 38.3. The van der Waals surface area contributed by atoms with Gasteiger partial charge in [-0.05, 0) is 156 Å². The third-order valence-electron chi connectivity index (χ3n) is 17.0. The Bertz CT molecular complexity index is 4000. The van der Waals surface area contributed by atoms with Crippen LogP contribution < -0.4 is 30.4 Å². The van der Waals surface area contributed by atoms with Gasteiger partial charge in [-0.3, -0.25) is 0 Å². The lowest BCUT2D eigenvalue weighted by molar-refractivity contribution is 0.590. The lowest BCUT2D eigenvalue weighted by atomic mass is 9.36. The number of rotatable bonds is 7. The van der Waals surface area contributed by atoms with Gasteiger partial charge in [0.25, 0.3) is 6.71 Å². The number of hydrogen-bond donors (Lipinski definition) is 0. The summed E-state index contributed by atoms with van der Waals surface area (Å²) < 4.78 is 2.68. The molecule has 0 amide bonds. The molecule has 0 aliphatic carbocycles. The van der Waals surface area contributed by atoms with Crippen molar-refractivity contribution in [1.82, 2.24) is 0 Å². The molecule has 0 spiro atoms. The lowest BCUT2D eigenvalue weighted by Crippen LogP contribution is -2.60. The maximum Gasteiger partial charge on any atom is 0.264 e. The molecule has 0 saturated carbocycles. The van der Waals surface area contributed by atoms with Gasteiger partial charge in [-0.15, -0.1) is 11.3 Å². The average molecular weight is 1080 g/mol. The standard InChI is InChI=1S/C76H78BN3S/c1-72(2,3)51-30-36-56(37-31-51)78(63-29-23-22-28-59(63)49-24-18-16-19-25-49)58-40-41-62-65(48-58)80(64-42-34-53(74(7,8)9)44-60(64)50-26-20-17-21-27-50)67-47-55(76(13,14)15)46-66-69(67)77(62)71-70(61-45-54(75(10,11)12)35-43-68(61)81-71)79(66)57-38-32-52(33-39-57)73(4,5)6/h16-48H,1-15H3. The van der Waals surface area contributed by atoms with E-state index in [0.29, 0.717) is 0 Å². The summed E-state index contributed by atoms with van der Waals surface area (Å²) in [4.78, 5) is 7.82. The van der Waals surface area contributed by atoms with E-state index in [1.165, 1.54) is 104 Å². The van der Waals surface area contributed by atoms with Crippen molar-refractivity contribution in [2.45, 2.75) is 131 Å². The zero-order valence-corrected chi connectivity index (χ0v) is 51.2. The first-order valence-corrected chi connectivity index (χ1v) is 30.0. The van der Waals surface area contributed by atoms with Crippen molar-refractivity contribution in [3.63, 3.8) is 0 Å². The molecule has 0 radical (unpaired) electrons. The lowest BCUT2D eigenvalue weighted by Gasteiger charge is -2.45. The SMILES string of the molecule is CC(C)(C)c1ccc(N(c2ccc3c(c2)N(c2ccc(C(C)(C)C)cc2-c2ccccc2)c2cc(C(C)(C)C)cc4c2B3c2sc3ccc(C(C)(C)C)cc3c2N4c2ccc(C(C)(C)C)cc2)c2ccccc2-c2ccccc2)cc1. The summed E-state index contributed by atoms with van der Waals surface area (Å²) in [5.74, 6) is 0. The molecule has 2 aliphatic rings. The highest BCUT2D eigenvalue weighted by Crippen LogP contribution is 2.53. The van der Waals surface area contributed by atoms with Crippen molar-refractivity contribution in [2.75, 3.05) is 14.7 Å². The molecule has 406 valence electrons. The highest BCUT2D eigenvalue weighted by Gasteiger charge is 2.47. The van der Waals surface area contributed by atoms with Crippen LogP contribution in [0.4, 0.5) is 51.2 Å². The first-order valence-electron chi connectivity index (χ1n) is 29.2. The van der Waals surface area contributed by atoms with Crippen LogP contribution >= 0.6 is 11.3 Å². The summed E-state index contributed by atoms with van der Waals surface area (Å²) >= 11 is 1.98. The summed E-state index contributed by atoms with van der Waals surface area (Å²) in [5.41, 5.74) is 24.2. The molecule has 3 nitrogen and oxygen atoms in total. The van der Waals surface area contributed by atoms with Gasteiger partial charge < -0.3 is 14.7 Å². The van der Waals surface area contributed by atoms with Crippen molar-refractivity contribution < 1.29 is 0 Å². The molecule has 5 heteroatoms. The number of para-hydroxylation sites is 1. The van der Waals surface area contributed by atoms with Gasteiger partial charge in [0, 0.05) is 60.1 Å². The monoisotopic (exact) mass is 1080 g/mol. The Hall–Kier alpha value is -7.60. The van der Waals surface area contributed by atoms with Gasteiger partial charge in [0.15, 0.2) is 0 Å². The Labute approximate surface area is 488 Å². The van der Waals surface area contributed by atoms with Crippen LogP contribution in [-0.4, -0.2) is 6.71 Å². The molecule has 81 heavy (non-hydrogen) atoms. The van der Waals surface area contributed by atoms with Gasteiger partial charge in [0.2, 0.25) is 0 Å². The van der Waals surface area contributed by atoms with Crippen LogP contribution in [0.2, 0.25) is 0 Å². The van der Waals surface area contributed by atoms with Crippen molar-refractivity contribution in [3.05, 3.63) is 228 Å². The van der Waals surface area contributed by atoms with Crippen LogP contribution in [0.3, 0.4) is 0 Å². The van der Waals surface area contributed by atoms with E-state index in [0.717, 1.165) is 22.7 Å². The van der Waals surface area contributed by atoms with E-state index in [1.54, 1.807) is 0 Å². The van der Waals surface area contributed by atoms with Crippen molar-refractivity contribution in [3.8, 4) is 22.3 Å². The van der Waals surface area contributed by atoms with Gasteiger partial charge >= 0.3 is 0 Å². The molecule has 0 atom stereocenters. The number of anilines is 9. The molecule has 0 fully saturated rings. The van der Waals surface area contributed by atoms with E-state index in [4.69, 9.17) is 0 Å². The molecule has 12 rings (SSSR count). The van der Waals surface area contributed by atoms with Crippen molar-refractivity contribution in [2.24, 2.45) is 0 Å². The molecular weight excluding hydrogens is 998 g/mol. The Balaban J connectivity index is 1.22. The Morgan fingerprint density at radius 2 is 0.864 bits per heavy atom. The fraction of sp³-hybridized carbons (Fsp3) is 0.263. The number of thiophene rings is 1. The summed E-state index contributed by atoms with van der Waals surface area (Å²) in [6, 6.07) is 76.8. The van der Waals surface area contributed by atoms with E-state index in [1.807, 2.05) is 11.3 Å². The molecule has 0 bridgehead atoms. The van der Waals surface area contributed by atoms with Gasteiger partial charge in [-0.25, -0.2) is 0 Å². The zero-order chi connectivity index (χ0) is 57.1. The summed E-state index contributed by atoms with van der Waals surface area (Å²) in [6.45, 7) is 34.9.